The van der Waals surface area contributed by atoms with Gasteiger partial charge in [-0.25, -0.2) is 18.4 Å². The zero-order chi connectivity index (χ0) is 27.9. The Morgan fingerprint density at radius 1 is 1.23 bits per heavy atom. The summed E-state index contributed by atoms with van der Waals surface area (Å²) in [6.07, 6.45) is 7.80. The van der Waals surface area contributed by atoms with E-state index in [1.165, 1.54) is 24.7 Å². The van der Waals surface area contributed by atoms with Gasteiger partial charge in [0.05, 0.1) is 11.9 Å². The Bertz CT molecular complexity index is 1380. The van der Waals surface area contributed by atoms with Gasteiger partial charge in [-0.15, -0.1) is 0 Å². The molecule has 0 spiro atoms. The molecule has 210 valence electrons. The first-order chi connectivity index (χ1) is 18.4. The molecule has 1 atom stereocenters. The predicted molar refractivity (Wildman–Crippen MR) is 158 cm³/mol. The van der Waals surface area contributed by atoms with E-state index in [0.29, 0.717) is 43.0 Å². The fourth-order valence-corrected chi connectivity index (χ4v) is 6.87. The summed E-state index contributed by atoms with van der Waals surface area (Å²) in [7, 11) is -2.97. The summed E-state index contributed by atoms with van der Waals surface area (Å²) < 4.78 is 23.4. The van der Waals surface area contributed by atoms with Crippen molar-refractivity contribution in [2.75, 3.05) is 53.3 Å². The summed E-state index contributed by atoms with van der Waals surface area (Å²) in [5.41, 5.74) is 4.51. The number of nitrogens with zero attached hydrogens (tertiary/aromatic N) is 5. The van der Waals surface area contributed by atoms with Gasteiger partial charge in [-0.2, -0.15) is 4.98 Å². The predicted octanol–water partition coefficient (Wildman–Crippen LogP) is 3.85. The highest BCUT2D eigenvalue weighted by molar-refractivity contribution is 7.90. The quantitative estimate of drug-likeness (QED) is 0.452. The summed E-state index contributed by atoms with van der Waals surface area (Å²) in [6, 6.07) is 6.21. The molecule has 0 radical (unpaired) electrons. The Morgan fingerprint density at radius 3 is 2.62 bits per heavy atom. The number of aliphatic imine (C=N–C) groups is 1. The fraction of sp³-hybridized carbons (Fsp3) is 0.552. The van der Waals surface area contributed by atoms with Gasteiger partial charge in [-0.05, 0) is 73.7 Å². The van der Waals surface area contributed by atoms with E-state index in [1.54, 1.807) is 6.20 Å². The molecular weight excluding hydrogens is 512 g/mol. The van der Waals surface area contributed by atoms with E-state index in [0.717, 1.165) is 29.9 Å². The maximum Gasteiger partial charge on any atom is 0.227 e. The molecule has 5 rings (SSSR count). The van der Waals surface area contributed by atoms with Crippen LogP contribution in [0.3, 0.4) is 0 Å². The second kappa shape index (κ2) is 10.5. The maximum absolute atomic E-state index is 11.7. The average molecular weight is 553 g/mol. The lowest BCUT2D eigenvalue weighted by atomic mass is 9.81. The van der Waals surface area contributed by atoms with Gasteiger partial charge >= 0.3 is 0 Å². The van der Waals surface area contributed by atoms with Crippen LogP contribution in [0.4, 0.5) is 17.5 Å². The molecule has 3 fully saturated rings. The molecular formula is C29H40N6O3S. The van der Waals surface area contributed by atoms with Crippen molar-refractivity contribution in [2.24, 2.45) is 16.3 Å². The minimum atomic E-state index is -2.97. The molecule has 1 saturated carbocycles. The van der Waals surface area contributed by atoms with Crippen molar-refractivity contribution in [3.8, 4) is 0 Å². The minimum Gasteiger partial charge on any atom is -0.392 e. The number of hydrogen-bond donors (Lipinski definition) is 2. The lowest BCUT2D eigenvalue weighted by molar-refractivity contribution is 0.0332. The van der Waals surface area contributed by atoms with Crippen molar-refractivity contribution in [3.05, 3.63) is 46.9 Å². The summed E-state index contributed by atoms with van der Waals surface area (Å²) in [6.45, 7) is 13.0. The molecule has 2 N–H and O–H groups in total. The number of aliphatic hydroxyl groups excluding tert-OH is 1. The Morgan fingerprint density at radius 2 is 1.97 bits per heavy atom. The van der Waals surface area contributed by atoms with Gasteiger partial charge in [0.15, 0.2) is 0 Å². The number of nitrogens with one attached hydrogen (secondary N) is 1. The normalized spacial score (nSPS) is 22.0. The van der Waals surface area contributed by atoms with E-state index in [-0.39, 0.29) is 23.2 Å². The number of hydrogen-bond acceptors (Lipinski definition) is 9. The molecule has 1 aliphatic carbocycles. The van der Waals surface area contributed by atoms with Crippen LogP contribution < -0.4 is 15.1 Å². The number of anilines is 3. The van der Waals surface area contributed by atoms with Crippen molar-refractivity contribution in [2.45, 2.75) is 52.1 Å². The van der Waals surface area contributed by atoms with E-state index in [9.17, 15) is 13.5 Å². The average Bonchev–Trinajstić information content (AvgIpc) is 3.69. The zero-order valence-electron chi connectivity index (χ0n) is 23.4. The molecule has 1 aromatic carbocycles. The van der Waals surface area contributed by atoms with Crippen LogP contribution in [0.5, 0.6) is 0 Å². The summed E-state index contributed by atoms with van der Waals surface area (Å²) >= 11 is 0. The van der Waals surface area contributed by atoms with Crippen molar-refractivity contribution in [1.82, 2.24) is 9.97 Å². The third-order valence-electron chi connectivity index (χ3n) is 8.18. The van der Waals surface area contributed by atoms with Crippen molar-refractivity contribution in [1.29, 1.82) is 0 Å². The number of aromatic nitrogens is 2. The van der Waals surface area contributed by atoms with Gasteiger partial charge in [0.1, 0.15) is 21.5 Å². The van der Waals surface area contributed by atoms with Crippen LogP contribution in [0.25, 0.3) is 6.08 Å². The van der Waals surface area contributed by atoms with E-state index < -0.39 is 9.84 Å². The molecule has 2 aromatic rings. The van der Waals surface area contributed by atoms with Crippen molar-refractivity contribution < 1.29 is 13.5 Å². The summed E-state index contributed by atoms with van der Waals surface area (Å²) in [5, 5.41) is 13.7. The van der Waals surface area contributed by atoms with Crippen LogP contribution in [-0.2, 0) is 9.84 Å². The third kappa shape index (κ3) is 6.27. The van der Waals surface area contributed by atoms with Crippen LogP contribution in [0.15, 0.2) is 35.2 Å². The molecule has 39 heavy (non-hydrogen) atoms. The number of piperidine rings is 1. The lowest BCUT2D eigenvalue weighted by Crippen LogP contribution is -2.49. The Hall–Kier alpha value is -2.98. The summed E-state index contributed by atoms with van der Waals surface area (Å²) in [5.74, 6) is 2.83. The fourth-order valence-electron chi connectivity index (χ4n) is 5.80. The first kappa shape index (κ1) is 27.6. The highest BCUT2D eigenvalue weighted by Crippen LogP contribution is 2.45. The maximum atomic E-state index is 11.7. The monoisotopic (exact) mass is 552 g/mol. The molecule has 1 aromatic heterocycles. The van der Waals surface area contributed by atoms with Crippen LogP contribution in [0, 0.1) is 18.3 Å². The van der Waals surface area contributed by atoms with E-state index in [1.807, 2.05) is 6.07 Å². The zero-order valence-corrected chi connectivity index (χ0v) is 24.2. The number of aliphatic hydroxyl groups is 1. The van der Waals surface area contributed by atoms with E-state index in [4.69, 9.17) is 4.98 Å². The SMILES string of the molecule is C=N/C(=C\c1c(C2CC2)ccc(N2CC(CS(C)(=O)=O)C2)c1C)Nc1ccnc(N2CC[C@@H](O)C(C)(C)C2)n1. The van der Waals surface area contributed by atoms with Gasteiger partial charge in [0, 0.05) is 55.7 Å². The highest BCUT2D eigenvalue weighted by atomic mass is 32.2. The van der Waals surface area contributed by atoms with Crippen molar-refractivity contribution in [3.63, 3.8) is 0 Å². The molecule has 0 unspecified atom stereocenters. The van der Waals surface area contributed by atoms with Gasteiger partial charge in [0.2, 0.25) is 5.95 Å². The van der Waals surface area contributed by atoms with Crippen LogP contribution in [-0.4, -0.2) is 74.5 Å². The molecule has 9 nitrogen and oxygen atoms in total. The van der Waals surface area contributed by atoms with Gasteiger partial charge in [0.25, 0.3) is 0 Å². The highest BCUT2D eigenvalue weighted by Gasteiger charge is 2.36. The van der Waals surface area contributed by atoms with Gasteiger partial charge in [-0.3, -0.25) is 0 Å². The van der Waals surface area contributed by atoms with Crippen LogP contribution in [0.1, 0.15) is 55.7 Å². The number of benzene rings is 1. The standard InChI is InChI=1S/C29H40N6O3S/c1-19-23(22(21-6-7-21)8-9-24(19)35-15-20(16-35)17-39(5,37)38)14-27(30-4)32-26-10-12-31-28(33-26)34-13-11-25(36)29(2,3)18-34/h8-10,12,14,20-21,25,36H,4,6-7,11,13,15-18H2,1-3,5H3,(H,31,32,33)/b27-14+/t25-/m1/s1. The second-order valence-corrected chi connectivity index (χ2v) is 14.3. The Kier molecular flexibility index (Phi) is 7.45. The minimum absolute atomic E-state index is 0.175. The molecule has 0 bridgehead atoms. The molecule has 3 aliphatic rings. The molecule has 10 heteroatoms. The van der Waals surface area contributed by atoms with E-state index in [2.05, 4.69) is 70.8 Å². The Balaban J connectivity index is 1.38. The lowest BCUT2D eigenvalue weighted by Gasteiger charge is -2.42. The van der Waals surface area contributed by atoms with Crippen LogP contribution >= 0.6 is 0 Å². The first-order valence-corrected chi connectivity index (χ1v) is 15.8. The topological polar surface area (TPSA) is 111 Å². The van der Waals surface area contributed by atoms with Gasteiger partial charge < -0.3 is 20.2 Å². The first-order valence-electron chi connectivity index (χ1n) is 13.7. The molecule has 3 heterocycles. The third-order valence-corrected chi connectivity index (χ3v) is 9.26. The largest absolute Gasteiger partial charge is 0.392 e. The number of rotatable bonds is 9. The van der Waals surface area contributed by atoms with E-state index >= 15 is 0 Å². The molecule has 2 aliphatic heterocycles. The summed E-state index contributed by atoms with van der Waals surface area (Å²) in [4.78, 5) is 17.9. The Labute approximate surface area is 232 Å². The molecule has 0 amide bonds. The smallest absolute Gasteiger partial charge is 0.227 e. The second-order valence-electron chi connectivity index (χ2n) is 12.1. The molecule has 2 saturated heterocycles. The number of sulfone groups is 1. The van der Waals surface area contributed by atoms with Crippen molar-refractivity contribution >= 4 is 40.1 Å². The van der Waals surface area contributed by atoms with Crippen LogP contribution in [0.2, 0.25) is 0 Å². The van der Waals surface area contributed by atoms with Gasteiger partial charge in [-0.1, -0.05) is 19.9 Å².